The van der Waals surface area contributed by atoms with Gasteiger partial charge < -0.3 is 15.5 Å². The van der Waals surface area contributed by atoms with Gasteiger partial charge in [-0.15, -0.1) is 37.9 Å². The van der Waals surface area contributed by atoms with E-state index in [0.29, 0.717) is 15.2 Å². The third kappa shape index (κ3) is 21.2. The first-order valence-corrected chi connectivity index (χ1v) is 9.25. The van der Waals surface area contributed by atoms with Gasteiger partial charge in [0.15, 0.2) is 0 Å². The minimum atomic E-state index is 0. The van der Waals surface area contributed by atoms with Gasteiger partial charge in [-0.3, -0.25) is 0 Å². The molecule has 1 atom stereocenters. The Labute approximate surface area is 177 Å². The van der Waals surface area contributed by atoms with Crippen LogP contribution in [0.3, 0.4) is 0 Å². The van der Waals surface area contributed by atoms with Gasteiger partial charge in [-0.1, -0.05) is 50.5 Å². The molecule has 0 aliphatic carbocycles. The third-order valence-electron chi connectivity index (χ3n) is 2.19. The molecule has 0 aromatic carbocycles. The van der Waals surface area contributed by atoms with Crippen LogP contribution in [0, 0.1) is 0 Å². The topological polar surface area (TPSA) is 27.3 Å². The Hall–Kier alpha value is 1.23. The normalized spacial score (nSPS) is 10.3. The van der Waals surface area contributed by atoms with Gasteiger partial charge in [-0.05, 0) is 19.8 Å². The smallest absolute Gasteiger partial charge is 0.133 e. The third-order valence-corrected chi connectivity index (χ3v) is 3.28. The summed E-state index contributed by atoms with van der Waals surface area (Å²) in [4.78, 5) is 2.12. The molecule has 22 heavy (non-hydrogen) atoms. The summed E-state index contributed by atoms with van der Waals surface area (Å²) in [5, 5.41) is 5.83. The van der Waals surface area contributed by atoms with E-state index in [2.05, 4.69) is 67.3 Å². The number of thiol groups is 3. The molecule has 0 rings (SSSR count). The van der Waals surface area contributed by atoms with Gasteiger partial charge in [0.25, 0.3) is 0 Å². The van der Waals surface area contributed by atoms with Crippen LogP contribution in [-0.4, -0.2) is 43.5 Å². The second-order valence-electron chi connectivity index (χ2n) is 4.31. The van der Waals surface area contributed by atoms with Gasteiger partial charge in [0.2, 0.25) is 0 Å². The molecule has 0 fully saturated rings. The maximum absolute atomic E-state index is 4.94. The van der Waals surface area contributed by atoms with Gasteiger partial charge in [0.05, 0.1) is 0 Å². The van der Waals surface area contributed by atoms with E-state index in [1.165, 1.54) is 0 Å². The van der Waals surface area contributed by atoms with Crippen LogP contribution < -0.4 is 10.6 Å². The molecule has 1 radical (unpaired) electrons. The molecule has 0 saturated carbocycles. The monoisotopic (exact) mass is 462 g/mol. The van der Waals surface area contributed by atoms with Crippen LogP contribution in [0.15, 0.2) is 0 Å². The summed E-state index contributed by atoms with van der Waals surface area (Å²) < 4.78 is 1.71. The molecule has 0 aliphatic heterocycles. The minimum Gasteiger partial charge on any atom is -0.369 e. The standard InChI is InChI=1S/C7H15NS2.C5H10N2S4.Co/c1-3-5-8(6-4-2)7(9)10;1-3(7-5(10)11)2-6-4(8)9;/h3-6H2,1-2H3,(H,9,10);3H,2H2,1H3,(H2,6,8,9)(H2,7,10,11);. The molecule has 0 amide bonds. The SMILES string of the molecule is CC(CNC(=S)S)NC(=S)S.CCCN(CCC)C(=S)S.[Co]. The Morgan fingerprint density at radius 1 is 1.00 bits per heavy atom. The molecular weight excluding hydrogens is 437 g/mol. The molecule has 0 heterocycles. The van der Waals surface area contributed by atoms with Crippen molar-refractivity contribution in [3.63, 3.8) is 0 Å². The first kappa shape index (κ1) is 28.0. The van der Waals surface area contributed by atoms with Crippen LogP contribution in [-0.2, 0) is 16.8 Å². The van der Waals surface area contributed by atoms with Crippen molar-refractivity contribution in [3.8, 4) is 0 Å². The molecule has 1 unspecified atom stereocenters. The summed E-state index contributed by atoms with van der Waals surface area (Å²) in [6, 6.07) is 0.213. The fraction of sp³-hybridized carbons (Fsp3) is 0.750. The zero-order chi connectivity index (χ0) is 16.8. The molecule has 0 saturated heterocycles. The number of rotatable bonds is 7. The average molecular weight is 463 g/mol. The summed E-state index contributed by atoms with van der Waals surface area (Å²) in [5.41, 5.74) is 0. The number of nitrogens with one attached hydrogen (secondary N) is 2. The van der Waals surface area contributed by atoms with E-state index in [9.17, 15) is 0 Å². The summed E-state index contributed by atoms with van der Waals surface area (Å²) >= 11 is 26.3. The maximum Gasteiger partial charge on any atom is 0.133 e. The quantitative estimate of drug-likeness (QED) is 0.295. The Balaban J connectivity index is -0.000000315. The van der Waals surface area contributed by atoms with E-state index in [4.69, 9.17) is 36.7 Å². The molecule has 0 spiro atoms. The molecule has 10 heteroatoms. The molecule has 3 nitrogen and oxygen atoms in total. The largest absolute Gasteiger partial charge is 0.369 e. The van der Waals surface area contributed by atoms with Gasteiger partial charge >= 0.3 is 0 Å². The van der Waals surface area contributed by atoms with Crippen molar-refractivity contribution in [2.75, 3.05) is 19.6 Å². The first-order valence-electron chi connectivity index (χ1n) is 6.68. The van der Waals surface area contributed by atoms with Crippen LogP contribution in [0.2, 0.25) is 0 Å². The van der Waals surface area contributed by atoms with Gasteiger partial charge in [-0.25, -0.2) is 0 Å². The van der Waals surface area contributed by atoms with Crippen molar-refractivity contribution in [3.05, 3.63) is 0 Å². The van der Waals surface area contributed by atoms with Crippen molar-refractivity contribution in [1.82, 2.24) is 15.5 Å². The van der Waals surface area contributed by atoms with E-state index in [1.807, 2.05) is 6.92 Å². The van der Waals surface area contributed by atoms with Crippen molar-refractivity contribution >= 4 is 87.5 Å². The molecule has 0 bridgehead atoms. The summed E-state index contributed by atoms with van der Waals surface area (Å²) in [6.07, 6.45) is 2.28. The van der Waals surface area contributed by atoms with Gasteiger partial charge in [-0.2, -0.15) is 0 Å². The Kier molecular flexibility index (Phi) is 23.7. The second-order valence-corrected chi connectivity index (χ2v) is 7.74. The van der Waals surface area contributed by atoms with Gasteiger partial charge in [0, 0.05) is 42.5 Å². The fourth-order valence-electron chi connectivity index (χ4n) is 1.35. The van der Waals surface area contributed by atoms with Gasteiger partial charge in [0.1, 0.15) is 13.0 Å². The van der Waals surface area contributed by atoms with E-state index in [1.54, 1.807) is 0 Å². The predicted octanol–water partition coefficient (Wildman–Crippen LogP) is 3.30. The number of hydrogen-bond donors (Lipinski definition) is 5. The van der Waals surface area contributed by atoms with E-state index in [0.717, 1.165) is 30.3 Å². The van der Waals surface area contributed by atoms with Crippen LogP contribution in [0.1, 0.15) is 33.6 Å². The zero-order valence-corrected chi connectivity index (χ0v) is 19.1. The van der Waals surface area contributed by atoms with Crippen LogP contribution in [0.4, 0.5) is 0 Å². The van der Waals surface area contributed by atoms with Crippen LogP contribution in [0.5, 0.6) is 0 Å². The van der Waals surface area contributed by atoms with E-state index in [-0.39, 0.29) is 22.8 Å². The molecule has 2 N–H and O–H groups in total. The van der Waals surface area contributed by atoms with Crippen molar-refractivity contribution < 1.29 is 16.8 Å². The van der Waals surface area contributed by atoms with E-state index < -0.39 is 0 Å². The first-order chi connectivity index (χ1) is 9.74. The average Bonchev–Trinajstić information content (AvgIpc) is 2.36. The maximum atomic E-state index is 4.94. The number of nitrogens with zero attached hydrogens (tertiary/aromatic N) is 1. The Morgan fingerprint density at radius 2 is 1.45 bits per heavy atom. The second kappa shape index (κ2) is 18.6. The summed E-state index contributed by atoms with van der Waals surface area (Å²) in [7, 11) is 0. The molecule has 133 valence electrons. The predicted molar refractivity (Wildman–Crippen MR) is 118 cm³/mol. The molecule has 0 aromatic heterocycles. The number of hydrogen-bond acceptors (Lipinski definition) is 3. The Morgan fingerprint density at radius 3 is 1.73 bits per heavy atom. The van der Waals surface area contributed by atoms with Crippen molar-refractivity contribution in [2.45, 2.75) is 39.7 Å². The minimum absolute atomic E-state index is 0. The van der Waals surface area contributed by atoms with E-state index >= 15 is 0 Å². The molecule has 0 aromatic rings. The number of thiocarbonyl (C=S) groups is 3. The fourth-order valence-corrected chi connectivity index (χ4v) is 2.32. The summed E-state index contributed by atoms with van der Waals surface area (Å²) in [6.45, 7) is 9.04. The Bertz CT molecular complexity index is 324. The van der Waals surface area contributed by atoms with Crippen LogP contribution in [0.25, 0.3) is 0 Å². The zero-order valence-electron chi connectivity index (χ0n) is 13.0. The van der Waals surface area contributed by atoms with Crippen LogP contribution >= 0.6 is 74.5 Å². The van der Waals surface area contributed by atoms with Crippen molar-refractivity contribution in [1.29, 1.82) is 0 Å². The molecular formula is C12H25CoN3S6. The molecule has 0 aliphatic rings. The summed E-state index contributed by atoms with van der Waals surface area (Å²) in [5.74, 6) is 0. The van der Waals surface area contributed by atoms with Crippen molar-refractivity contribution in [2.24, 2.45) is 0 Å².